The summed E-state index contributed by atoms with van der Waals surface area (Å²) in [6.45, 7) is -0.468. The molecule has 0 unspecified atom stereocenters. The van der Waals surface area contributed by atoms with Crippen molar-refractivity contribution < 1.29 is 24.9 Å². The number of pyridine rings is 1. The van der Waals surface area contributed by atoms with Crippen molar-refractivity contribution in [2.75, 3.05) is 12.3 Å². The minimum absolute atomic E-state index is 0.0729. The van der Waals surface area contributed by atoms with Crippen LogP contribution in [0.25, 0.3) is 11.2 Å². The van der Waals surface area contributed by atoms with E-state index >= 15 is 0 Å². The first-order valence-corrected chi connectivity index (χ1v) is 7.98. The Kier molecular flexibility index (Phi) is 4.24. The molecule has 0 radical (unpaired) electrons. The third kappa shape index (κ3) is 2.90. The van der Waals surface area contributed by atoms with Gasteiger partial charge >= 0.3 is 0 Å². The first kappa shape index (κ1) is 17.4. The summed E-state index contributed by atoms with van der Waals surface area (Å²) in [7, 11) is 0. The summed E-state index contributed by atoms with van der Waals surface area (Å²) in [5.74, 6) is -0.230. The van der Waals surface area contributed by atoms with E-state index in [0.29, 0.717) is 0 Å². The Balaban J connectivity index is 1.77. The van der Waals surface area contributed by atoms with Crippen molar-refractivity contribution in [3.05, 3.63) is 41.1 Å². The zero-order chi connectivity index (χ0) is 19.1. The van der Waals surface area contributed by atoms with Gasteiger partial charge in [0.15, 0.2) is 17.4 Å². The second-order valence-corrected chi connectivity index (χ2v) is 5.90. The Morgan fingerprint density at radius 1 is 1.26 bits per heavy atom. The molecule has 27 heavy (non-hydrogen) atoms. The van der Waals surface area contributed by atoms with Crippen molar-refractivity contribution in [3.8, 4) is 5.88 Å². The fourth-order valence-corrected chi connectivity index (χ4v) is 2.85. The summed E-state index contributed by atoms with van der Waals surface area (Å²) in [4.78, 5) is 29.5. The van der Waals surface area contributed by atoms with E-state index < -0.39 is 36.7 Å². The molecule has 3 aromatic rings. The number of rotatable bonds is 4. The molecule has 4 atom stereocenters. The maximum Gasteiger partial charge on any atom is 0.283 e. The summed E-state index contributed by atoms with van der Waals surface area (Å²) in [5.41, 5.74) is 5.64. The number of aliphatic hydroxyl groups is 3. The van der Waals surface area contributed by atoms with E-state index in [1.807, 2.05) is 0 Å². The van der Waals surface area contributed by atoms with Crippen LogP contribution >= 0.6 is 0 Å². The molecule has 1 saturated heterocycles. The number of hydrogen-bond acceptors (Lipinski definition) is 10. The topological polar surface area (TPSA) is 171 Å². The average Bonchev–Trinajstić information content (AvgIpc) is 3.18. The summed E-state index contributed by atoms with van der Waals surface area (Å²) in [5, 5.41) is 29.4. The molecule has 0 amide bonds. The molecule has 1 aliphatic rings. The lowest BCUT2D eigenvalue weighted by molar-refractivity contribution is -0.0511. The number of aromatic nitrogens is 5. The monoisotopic (exact) mass is 376 g/mol. The molecule has 0 spiro atoms. The van der Waals surface area contributed by atoms with Crippen LogP contribution in [0.1, 0.15) is 6.23 Å². The number of aliphatic hydroxyl groups excluding tert-OH is 3. The minimum Gasteiger partial charge on any atom is -0.394 e. The van der Waals surface area contributed by atoms with Crippen molar-refractivity contribution in [2.45, 2.75) is 24.5 Å². The molecule has 4 heterocycles. The molecule has 1 fully saturated rings. The highest BCUT2D eigenvalue weighted by Gasteiger charge is 2.44. The Labute approximate surface area is 151 Å². The second kappa shape index (κ2) is 6.59. The van der Waals surface area contributed by atoms with Crippen LogP contribution in [0.5, 0.6) is 5.88 Å². The van der Waals surface area contributed by atoms with Gasteiger partial charge in [0.2, 0.25) is 5.95 Å². The van der Waals surface area contributed by atoms with E-state index in [-0.39, 0.29) is 23.0 Å². The van der Waals surface area contributed by atoms with E-state index in [2.05, 4.69) is 15.0 Å². The maximum atomic E-state index is 11.8. The van der Waals surface area contributed by atoms with Crippen molar-refractivity contribution in [3.63, 3.8) is 0 Å². The average molecular weight is 376 g/mol. The first-order chi connectivity index (χ1) is 13.0. The van der Waals surface area contributed by atoms with E-state index in [1.54, 1.807) is 12.1 Å². The molecule has 0 bridgehead atoms. The maximum absolute atomic E-state index is 11.8. The van der Waals surface area contributed by atoms with Crippen LogP contribution in [-0.4, -0.2) is 64.5 Å². The number of fused-ring (bicyclic) bond motifs is 1. The number of anilines is 1. The molecule has 3 aromatic heterocycles. The number of nitrogens with two attached hydrogens (primary N) is 1. The highest BCUT2D eigenvalue weighted by molar-refractivity contribution is 5.77. The lowest BCUT2D eigenvalue weighted by atomic mass is 10.1. The molecule has 12 heteroatoms. The second-order valence-electron chi connectivity index (χ2n) is 5.90. The van der Waals surface area contributed by atoms with Gasteiger partial charge in [0.1, 0.15) is 18.3 Å². The lowest BCUT2D eigenvalue weighted by Gasteiger charge is -2.16. The van der Waals surface area contributed by atoms with Gasteiger partial charge in [-0.15, -0.1) is 4.73 Å². The van der Waals surface area contributed by atoms with E-state index in [1.165, 1.54) is 23.2 Å². The van der Waals surface area contributed by atoms with Gasteiger partial charge < -0.3 is 30.6 Å². The van der Waals surface area contributed by atoms with Crippen LogP contribution in [0.4, 0.5) is 5.95 Å². The minimum atomic E-state index is -1.32. The standard InChI is InChI=1S/C15H16N6O6/c16-15-18-12-9(13(19-15)27-21-4-2-1-3-8(21)23)17-6-20(12)14-11(25)10(24)7(5-22)26-14/h1-4,6-7,10-11,14,22,24-25H,5H2,(H2,16,18,19)/t7-,10-,11-,14-/m1/s1. The molecule has 142 valence electrons. The largest absolute Gasteiger partial charge is 0.394 e. The Morgan fingerprint density at radius 3 is 2.78 bits per heavy atom. The van der Waals surface area contributed by atoms with Crippen molar-refractivity contribution in [1.82, 2.24) is 24.2 Å². The molecule has 0 aliphatic carbocycles. The molecule has 12 nitrogen and oxygen atoms in total. The van der Waals surface area contributed by atoms with Gasteiger partial charge in [-0.1, -0.05) is 6.07 Å². The molecule has 5 N–H and O–H groups in total. The van der Waals surface area contributed by atoms with Crippen LogP contribution in [0.2, 0.25) is 0 Å². The number of imidazole rings is 1. The van der Waals surface area contributed by atoms with Crippen LogP contribution in [0.3, 0.4) is 0 Å². The van der Waals surface area contributed by atoms with Crippen molar-refractivity contribution in [1.29, 1.82) is 0 Å². The summed E-state index contributed by atoms with van der Waals surface area (Å²) >= 11 is 0. The first-order valence-electron chi connectivity index (χ1n) is 7.98. The number of ether oxygens (including phenoxy) is 1. The molecular weight excluding hydrogens is 360 g/mol. The molecule has 0 aromatic carbocycles. The SMILES string of the molecule is Nc1nc(On2ccccc2=O)c2ncn([C@@H]3O[C@H](CO)[C@@H](O)[C@H]3O)c2n1. The molecule has 4 rings (SSSR count). The summed E-state index contributed by atoms with van der Waals surface area (Å²) in [6.07, 6.45) is -1.91. The Morgan fingerprint density at radius 2 is 2.07 bits per heavy atom. The highest BCUT2D eigenvalue weighted by Crippen LogP contribution is 2.32. The summed E-state index contributed by atoms with van der Waals surface area (Å²) in [6, 6.07) is 4.46. The van der Waals surface area contributed by atoms with Crippen LogP contribution in [-0.2, 0) is 4.74 Å². The van der Waals surface area contributed by atoms with Gasteiger partial charge in [-0.2, -0.15) is 9.97 Å². The van der Waals surface area contributed by atoms with E-state index in [4.69, 9.17) is 15.3 Å². The van der Waals surface area contributed by atoms with Gasteiger partial charge in [-0.25, -0.2) is 4.98 Å². The van der Waals surface area contributed by atoms with Crippen molar-refractivity contribution >= 4 is 17.1 Å². The third-order valence-corrected chi connectivity index (χ3v) is 4.17. The predicted octanol–water partition coefficient (Wildman–Crippen LogP) is -1.98. The number of hydrogen-bond donors (Lipinski definition) is 4. The Hall–Kier alpha value is -3.06. The van der Waals surface area contributed by atoms with Gasteiger partial charge in [0.05, 0.1) is 12.9 Å². The van der Waals surface area contributed by atoms with Gasteiger partial charge in [-0.05, 0) is 6.07 Å². The quantitative estimate of drug-likeness (QED) is 0.400. The van der Waals surface area contributed by atoms with Gasteiger partial charge in [0, 0.05) is 12.3 Å². The zero-order valence-electron chi connectivity index (χ0n) is 13.8. The van der Waals surface area contributed by atoms with E-state index in [9.17, 15) is 20.1 Å². The van der Waals surface area contributed by atoms with Gasteiger partial charge in [0.25, 0.3) is 11.4 Å². The normalized spacial score (nSPS) is 25.1. The molecule has 0 saturated carbocycles. The Bertz CT molecular complexity index is 1040. The summed E-state index contributed by atoms with van der Waals surface area (Å²) < 4.78 is 7.78. The predicted molar refractivity (Wildman–Crippen MR) is 89.5 cm³/mol. The van der Waals surface area contributed by atoms with Crippen LogP contribution in [0.15, 0.2) is 35.5 Å². The molecule has 1 aliphatic heterocycles. The number of nitrogens with zero attached hydrogens (tertiary/aromatic N) is 5. The number of nitrogen functional groups attached to an aromatic ring is 1. The smallest absolute Gasteiger partial charge is 0.283 e. The zero-order valence-corrected chi connectivity index (χ0v) is 13.8. The molecular formula is C15H16N6O6. The lowest BCUT2D eigenvalue weighted by Crippen LogP contribution is -2.33. The van der Waals surface area contributed by atoms with Crippen LogP contribution in [0, 0.1) is 0 Å². The van der Waals surface area contributed by atoms with Crippen molar-refractivity contribution in [2.24, 2.45) is 0 Å². The fourth-order valence-electron chi connectivity index (χ4n) is 2.85. The highest BCUT2D eigenvalue weighted by atomic mass is 16.7. The fraction of sp³-hybridized carbons (Fsp3) is 0.333. The third-order valence-electron chi connectivity index (χ3n) is 4.17. The van der Waals surface area contributed by atoms with Crippen LogP contribution < -0.4 is 16.1 Å². The van der Waals surface area contributed by atoms with E-state index in [0.717, 1.165) is 4.73 Å². The van der Waals surface area contributed by atoms with Gasteiger partial charge in [-0.3, -0.25) is 9.36 Å².